The van der Waals surface area contributed by atoms with Gasteiger partial charge in [0.2, 0.25) is 0 Å². The standard InChI is InChI=1S/C16H23NO3/c1-16(15(18)19,17-9-4-3-5-10-17)12-13-7-6-8-14(11-13)20-2/h6-8,11H,3-5,9-10,12H2,1-2H3,(H,18,19). The molecule has 1 saturated heterocycles. The molecule has 4 nitrogen and oxygen atoms in total. The summed E-state index contributed by atoms with van der Waals surface area (Å²) >= 11 is 0. The first kappa shape index (κ1) is 14.9. The second kappa shape index (κ2) is 6.27. The first-order chi connectivity index (χ1) is 9.56. The Morgan fingerprint density at radius 2 is 2.05 bits per heavy atom. The van der Waals surface area contributed by atoms with E-state index in [0.717, 1.165) is 37.2 Å². The lowest BCUT2D eigenvalue weighted by atomic mass is 9.89. The van der Waals surface area contributed by atoms with Crippen LogP contribution in [0.2, 0.25) is 0 Å². The molecule has 1 aliphatic rings. The van der Waals surface area contributed by atoms with Gasteiger partial charge in [0.25, 0.3) is 0 Å². The van der Waals surface area contributed by atoms with Gasteiger partial charge in [0, 0.05) is 6.42 Å². The number of carboxylic acid groups (broad SMARTS) is 1. The molecular formula is C16H23NO3. The molecule has 2 rings (SSSR count). The third-order valence-electron chi connectivity index (χ3n) is 4.20. The van der Waals surface area contributed by atoms with Crippen molar-refractivity contribution in [3.8, 4) is 5.75 Å². The summed E-state index contributed by atoms with van der Waals surface area (Å²) < 4.78 is 5.21. The van der Waals surface area contributed by atoms with Gasteiger partial charge in [-0.25, -0.2) is 0 Å². The summed E-state index contributed by atoms with van der Waals surface area (Å²) in [7, 11) is 1.63. The molecule has 0 aliphatic carbocycles. The van der Waals surface area contributed by atoms with Gasteiger partial charge in [0.15, 0.2) is 0 Å². The number of likely N-dealkylation sites (tertiary alicyclic amines) is 1. The number of carboxylic acids is 1. The fraction of sp³-hybridized carbons (Fsp3) is 0.562. The molecule has 0 spiro atoms. The monoisotopic (exact) mass is 277 g/mol. The molecule has 0 aromatic heterocycles. The number of rotatable bonds is 5. The summed E-state index contributed by atoms with van der Waals surface area (Å²) in [6.45, 7) is 3.57. The second-order valence-electron chi connectivity index (χ2n) is 5.66. The fourth-order valence-corrected chi connectivity index (χ4v) is 2.89. The molecule has 0 saturated carbocycles. The van der Waals surface area contributed by atoms with E-state index in [0.29, 0.717) is 6.42 Å². The van der Waals surface area contributed by atoms with Crippen LogP contribution in [0.25, 0.3) is 0 Å². The van der Waals surface area contributed by atoms with Crippen molar-refractivity contribution in [1.82, 2.24) is 4.90 Å². The predicted molar refractivity (Wildman–Crippen MR) is 78.2 cm³/mol. The minimum Gasteiger partial charge on any atom is -0.497 e. The quantitative estimate of drug-likeness (QED) is 0.898. The Balaban J connectivity index is 2.21. The van der Waals surface area contributed by atoms with E-state index in [1.807, 2.05) is 31.2 Å². The molecule has 0 bridgehead atoms. The van der Waals surface area contributed by atoms with E-state index in [9.17, 15) is 9.90 Å². The number of piperidine rings is 1. The Morgan fingerprint density at radius 3 is 2.65 bits per heavy atom. The van der Waals surface area contributed by atoms with Gasteiger partial charge >= 0.3 is 5.97 Å². The highest BCUT2D eigenvalue weighted by Crippen LogP contribution is 2.26. The second-order valence-corrected chi connectivity index (χ2v) is 5.66. The molecule has 1 aromatic carbocycles. The van der Waals surface area contributed by atoms with Crippen LogP contribution in [-0.2, 0) is 11.2 Å². The van der Waals surface area contributed by atoms with Gasteiger partial charge in [-0.3, -0.25) is 9.69 Å². The van der Waals surface area contributed by atoms with E-state index in [1.54, 1.807) is 7.11 Å². The van der Waals surface area contributed by atoms with Crippen LogP contribution in [0.4, 0.5) is 0 Å². The van der Waals surface area contributed by atoms with Gasteiger partial charge in [-0.05, 0) is 50.6 Å². The molecule has 4 heteroatoms. The largest absolute Gasteiger partial charge is 0.497 e. The molecule has 0 amide bonds. The fourth-order valence-electron chi connectivity index (χ4n) is 2.89. The summed E-state index contributed by atoms with van der Waals surface area (Å²) in [5.74, 6) is 0.0242. The normalized spacial score (nSPS) is 19.3. The van der Waals surface area contributed by atoms with Gasteiger partial charge in [-0.15, -0.1) is 0 Å². The van der Waals surface area contributed by atoms with Gasteiger partial charge in [-0.2, -0.15) is 0 Å². The molecule has 1 aliphatic heterocycles. The Hall–Kier alpha value is -1.55. The van der Waals surface area contributed by atoms with Gasteiger partial charge < -0.3 is 9.84 Å². The average molecular weight is 277 g/mol. The lowest BCUT2D eigenvalue weighted by Gasteiger charge is -2.40. The van der Waals surface area contributed by atoms with Gasteiger partial charge in [0.1, 0.15) is 11.3 Å². The molecule has 20 heavy (non-hydrogen) atoms. The first-order valence-electron chi connectivity index (χ1n) is 7.17. The van der Waals surface area contributed by atoms with E-state index in [4.69, 9.17) is 4.74 Å². The van der Waals surface area contributed by atoms with Crippen molar-refractivity contribution < 1.29 is 14.6 Å². The van der Waals surface area contributed by atoms with E-state index in [-0.39, 0.29) is 0 Å². The van der Waals surface area contributed by atoms with Crippen LogP contribution in [0.3, 0.4) is 0 Å². The zero-order valence-corrected chi connectivity index (χ0v) is 12.3. The molecule has 1 heterocycles. The highest BCUT2D eigenvalue weighted by Gasteiger charge is 2.40. The highest BCUT2D eigenvalue weighted by molar-refractivity contribution is 5.78. The topological polar surface area (TPSA) is 49.8 Å². The number of hydrogen-bond acceptors (Lipinski definition) is 3. The van der Waals surface area contributed by atoms with Crippen molar-refractivity contribution in [3.05, 3.63) is 29.8 Å². The lowest BCUT2D eigenvalue weighted by molar-refractivity contribution is -0.151. The van der Waals surface area contributed by atoms with Crippen LogP contribution in [-0.4, -0.2) is 41.7 Å². The summed E-state index contributed by atoms with van der Waals surface area (Å²) in [6.07, 6.45) is 3.87. The number of benzene rings is 1. The highest BCUT2D eigenvalue weighted by atomic mass is 16.5. The van der Waals surface area contributed by atoms with E-state index < -0.39 is 11.5 Å². The summed E-state index contributed by atoms with van der Waals surface area (Å²) in [4.78, 5) is 13.9. The van der Waals surface area contributed by atoms with Crippen molar-refractivity contribution in [1.29, 1.82) is 0 Å². The third-order valence-corrected chi connectivity index (χ3v) is 4.20. The predicted octanol–water partition coefficient (Wildman–Crippen LogP) is 2.57. The zero-order chi connectivity index (χ0) is 14.6. The average Bonchev–Trinajstić information content (AvgIpc) is 2.48. The zero-order valence-electron chi connectivity index (χ0n) is 12.3. The van der Waals surface area contributed by atoms with Crippen LogP contribution < -0.4 is 4.74 Å². The van der Waals surface area contributed by atoms with E-state index >= 15 is 0 Å². The maximum absolute atomic E-state index is 11.8. The minimum absolute atomic E-state index is 0.500. The molecule has 1 aromatic rings. The Labute approximate surface area is 120 Å². The summed E-state index contributed by atoms with van der Waals surface area (Å²) in [5.41, 5.74) is 0.159. The maximum Gasteiger partial charge on any atom is 0.324 e. The van der Waals surface area contributed by atoms with E-state index in [1.165, 1.54) is 6.42 Å². The number of methoxy groups -OCH3 is 1. The number of hydrogen-bond donors (Lipinski definition) is 1. The molecule has 1 fully saturated rings. The first-order valence-corrected chi connectivity index (χ1v) is 7.17. The van der Waals surface area contributed by atoms with Crippen molar-refractivity contribution in [3.63, 3.8) is 0 Å². The van der Waals surface area contributed by atoms with Gasteiger partial charge in [-0.1, -0.05) is 18.6 Å². The lowest BCUT2D eigenvalue weighted by Crippen LogP contribution is -2.55. The maximum atomic E-state index is 11.8. The molecule has 1 atom stereocenters. The van der Waals surface area contributed by atoms with Crippen LogP contribution in [0.5, 0.6) is 5.75 Å². The van der Waals surface area contributed by atoms with Crippen LogP contribution in [0, 0.1) is 0 Å². The van der Waals surface area contributed by atoms with Crippen molar-refractivity contribution in [2.75, 3.05) is 20.2 Å². The third kappa shape index (κ3) is 3.12. The van der Waals surface area contributed by atoms with E-state index in [2.05, 4.69) is 4.90 Å². The number of aliphatic carboxylic acids is 1. The van der Waals surface area contributed by atoms with Gasteiger partial charge in [0.05, 0.1) is 7.11 Å². The molecule has 1 N–H and O–H groups in total. The molecule has 110 valence electrons. The Bertz CT molecular complexity index is 469. The molecular weight excluding hydrogens is 254 g/mol. The SMILES string of the molecule is COc1cccc(CC(C)(C(=O)O)N2CCCCC2)c1. The summed E-state index contributed by atoms with van der Waals surface area (Å²) in [5, 5.41) is 9.70. The van der Waals surface area contributed by atoms with Crippen molar-refractivity contribution >= 4 is 5.97 Å². The Kier molecular flexibility index (Phi) is 4.65. The minimum atomic E-state index is -0.840. The number of nitrogens with zero attached hydrogens (tertiary/aromatic N) is 1. The van der Waals surface area contributed by atoms with Crippen LogP contribution in [0.15, 0.2) is 24.3 Å². The number of carbonyl (C=O) groups is 1. The van der Waals surface area contributed by atoms with Crippen LogP contribution in [0.1, 0.15) is 31.7 Å². The summed E-state index contributed by atoms with van der Waals surface area (Å²) in [6, 6.07) is 7.67. The smallest absolute Gasteiger partial charge is 0.324 e. The Morgan fingerprint density at radius 1 is 1.35 bits per heavy atom. The van der Waals surface area contributed by atoms with Crippen molar-refractivity contribution in [2.24, 2.45) is 0 Å². The van der Waals surface area contributed by atoms with Crippen molar-refractivity contribution in [2.45, 2.75) is 38.1 Å². The van der Waals surface area contributed by atoms with Crippen LogP contribution >= 0.6 is 0 Å². The number of ether oxygens (including phenoxy) is 1. The molecule has 0 radical (unpaired) electrons. The molecule has 1 unspecified atom stereocenters.